The Labute approximate surface area is 107 Å². The predicted molar refractivity (Wildman–Crippen MR) is 68.9 cm³/mol. The van der Waals surface area contributed by atoms with Gasteiger partial charge in [0.2, 0.25) is 5.91 Å². The molecule has 1 fully saturated rings. The molecular formula is C15H19NO2. The highest BCUT2D eigenvalue weighted by Gasteiger charge is 2.51. The molecule has 3 nitrogen and oxygen atoms in total. The zero-order valence-corrected chi connectivity index (χ0v) is 10.8. The first-order valence-electron chi connectivity index (χ1n) is 6.55. The van der Waals surface area contributed by atoms with Gasteiger partial charge in [0.05, 0.1) is 12.1 Å². The van der Waals surface area contributed by atoms with Gasteiger partial charge in [-0.3, -0.25) is 4.79 Å². The fraction of sp³-hybridized carbons (Fsp3) is 0.533. The number of carbonyl (C=O) groups excluding carboxylic acids is 1. The maximum Gasteiger partial charge on any atom is 0.224 e. The molecule has 1 amide bonds. The van der Waals surface area contributed by atoms with Crippen LogP contribution in [-0.2, 0) is 11.2 Å². The molecule has 0 aliphatic heterocycles. The van der Waals surface area contributed by atoms with Crippen molar-refractivity contribution in [1.82, 2.24) is 5.32 Å². The summed E-state index contributed by atoms with van der Waals surface area (Å²) in [5.41, 5.74) is 2.34. The van der Waals surface area contributed by atoms with Gasteiger partial charge in [0.25, 0.3) is 0 Å². The summed E-state index contributed by atoms with van der Waals surface area (Å²) in [4.78, 5) is 12.1. The van der Waals surface area contributed by atoms with Crippen molar-refractivity contribution >= 4 is 5.91 Å². The summed E-state index contributed by atoms with van der Waals surface area (Å²) < 4.78 is 0. The fourth-order valence-electron chi connectivity index (χ4n) is 2.92. The van der Waals surface area contributed by atoms with Crippen LogP contribution in [0, 0.1) is 11.3 Å². The van der Waals surface area contributed by atoms with Gasteiger partial charge in [-0.1, -0.05) is 38.1 Å². The smallest absolute Gasteiger partial charge is 0.224 e. The first kappa shape index (κ1) is 11.7. The third-order valence-corrected chi connectivity index (χ3v) is 4.33. The molecule has 2 aliphatic rings. The third-order valence-electron chi connectivity index (χ3n) is 4.33. The average Bonchev–Trinajstić information content (AvgIpc) is 2.84. The van der Waals surface area contributed by atoms with Gasteiger partial charge in [0.15, 0.2) is 0 Å². The Morgan fingerprint density at radius 1 is 1.39 bits per heavy atom. The van der Waals surface area contributed by atoms with Crippen molar-refractivity contribution in [2.75, 3.05) is 0 Å². The molecule has 3 heteroatoms. The van der Waals surface area contributed by atoms with Crippen molar-refractivity contribution < 1.29 is 9.90 Å². The Bertz CT molecular complexity index is 495. The van der Waals surface area contributed by atoms with E-state index in [-0.39, 0.29) is 23.3 Å². The number of aliphatic hydroxyl groups is 1. The number of fused-ring (bicyclic) bond motifs is 1. The van der Waals surface area contributed by atoms with Gasteiger partial charge < -0.3 is 10.4 Å². The SMILES string of the molecule is CC1(C)CC1C(=O)NC1c2ccccc2CC1O. The molecule has 1 aromatic carbocycles. The normalized spacial score (nSPS) is 31.8. The highest BCUT2D eigenvalue weighted by molar-refractivity contribution is 5.83. The molecule has 1 saturated carbocycles. The number of nitrogens with one attached hydrogen (secondary N) is 1. The fourth-order valence-corrected chi connectivity index (χ4v) is 2.92. The quantitative estimate of drug-likeness (QED) is 0.835. The molecule has 18 heavy (non-hydrogen) atoms. The van der Waals surface area contributed by atoms with Crippen LogP contribution in [-0.4, -0.2) is 17.1 Å². The second-order valence-electron chi connectivity index (χ2n) is 6.20. The van der Waals surface area contributed by atoms with Crippen molar-refractivity contribution in [2.45, 2.75) is 38.8 Å². The standard InChI is InChI=1S/C15H19NO2/c1-15(2)8-11(15)14(18)16-13-10-6-4-3-5-9(10)7-12(13)17/h3-6,11-13,17H,7-8H2,1-2H3,(H,16,18). The second kappa shape index (κ2) is 3.82. The first-order valence-corrected chi connectivity index (χ1v) is 6.55. The van der Waals surface area contributed by atoms with Gasteiger partial charge in [-0.15, -0.1) is 0 Å². The highest BCUT2D eigenvalue weighted by atomic mass is 16.3. The minimum absolute atomic E-state index is 0.0840. The van der Waals surface area contributed by atoms with Crippen LogP contribution in [0.25, 0.3) is 0 Å². The molecule has 0 aromatic heterocycles. The van der Waals surface area contributed by atoms with E-state index < -0.39 is 6.10 Å². The lowest BCUT2D eigenvalue weighted by Gasteiger charge is -2.18. The Balaban J connectivity index is 1.76. The Kier molecular flexibility index (Phi) is 2.49. The first-order chi connectivity index (χ1) is 8.49. The topological polar surface area (TPSA) is 49.3 Å². The molecule has 3 atom stereocenters. The van der Waals surface area contributed by atoms with Crippen LogP contribution in [0.3, 0.4) is 0 Å². The molecule has 0 bridgehead atoms. The van der Waals surface area contributed by atoms with Crippen molar-refractivity contribution in [3.63, 3.8) is 0 Å². The van der Waals surface area contributed by atoms with Crippen LogP contribution in [0.15, 0.2) is 24.3 Å². The molecular weight excluding hydrogens is 226 g/mol. The summed E-state index contributed by atoms with van der Waals surface area (Å²) in [7, 11) is 0. The number of aliphatic hydroxyl groups excluding tert-OH is 1. The minimum Gasteiger partial charge on any atom is -0.390 e. The van der Waals surface area contributed by atoms with Crippen molar-refractivity contribution in [2.24, 2.45) is 11.3 Å². The monoisotopic (exact) mass is 245 g/mol. The second-order valence-corrected chi connectivity index (χ2v) is 6.20. The maximum atomic E-state index is 12.1. The molecule has 0 radical (unpaired) electrons. The van der Waals surface area contributed by atoms with E-state index in [1.54, 1.807) is 0 Å². The van der Waals surface area contributed by atoms with Crippen LogP contribution < -0.4 is 5.32 Å². The number of amides is 1. The lowest BCUT2D eigenvalue weighted by Crippen LogP contribution is -2.35. The number of benzene rings is 1. The van der Waals surface area contributed by atoms with E-state index in [0.29, 0.717) is 6.42 Å². The van der Waals surface area contributed by atoms with E-state index in [1.807, 2.05) is 24.3 Å². The molecule has 2 aliphatic carbocycles. The minimum atomic E-state index is -0.492. The summed E-state index contributed by atoms with van der Waals surface area (Å²) >= 11 is 0. The van der Waals surface area contributed by atoms with E-state index in [0.717, 1.165) is 17.5 Å². The average molecular weight is 245 g/mol. The number of rotatable bonds is 2. The Morgan fingerprint density at radius 3 is 2.72 bits per heavy atom. The molecule has 1 aromatic rings. The summed E-state index contributed by atoms with van der Waals surface area (Å²) in [6.07, 6.45) is 1.09. The van der Waals surface area contributed by atoms with Crippen molar-refractivity contribution in [1.29, 1.82) is 0 Å². The summed E-state index contributed by atoms with van der Waals surface area (Å²) in [6.45, 7) is 4.21. The molecule has 2 N–H and O–H groups in total. The van der Waals surface area contributed by atoms with Gasteiger partial charge in [-0.25, -0.2) is 0 Å². The maximum absolute atomic E-state index is 12.1. The van der Waals surface area contributed by atoms with Gasteiger partial charge in [0, 0.05) is 12.3 Å². The van der Waals surface area contributed by atoms with Crippen molar-refractivity contribution in [3.05, 3.63) is 35.4 Å². The highest BCUT2D eigenvalue weighted by Crippen LogP contribution is 2.52. The van der Waals surface area contributed by atoms with E-state index in [4.69, 9.17) is 0 Å². The van der Waals surface area contributed by atoms with Gasteiger partial charge >= 0.3 is 0 Å². The molecule has 0 spiro atoms. The summed E-state index contributed by atoms with van der Waals surface area (Å²) in [6, 6.07) is 7.71. The van der Waals surface area contributed by atoms with Crippen LogP contribution in [0.1, 0.15) is 37.4 Å². The number of hydrogen-bond acceptors (Lipinski definition) is 2. The Morgan fingerprint density at radius 2 is 2.06 bits per heavy atom. The summed E-state index contributed by atoms with van der Waals surface area (Å²) in [5, 5.41) is 13.1. The molecule has 0 saturated heterocycles. The van der Waals surface area contributed by atoms with Crippen LogP contribution in [0.2, 0.25) is 0 Å². The third kappa shape index (κ3) is 1.83. The van der Waals surface area contributed by atoms with E-state index in [9.17, 15) is 9.90 Å². The van der Waals surface area contributed by atoms with Crippen LogP contribution in [0.5, 0.6) is 0 Å². The summed E-state index contributed by atoms with van der Waals surface area (Å²) in [5.74, 6) is 0.193. The van der Waals surface area contributed by atoms with Gasteiger partial charge in [0.1, 0.15) is 0 Å². The number of carbonyl (C=O) groups is 1. The van der Waals surface area contributed by atoms with Crippen molar-refractivity contribution in [3.8, 4) is 0 Å². The predicted octanol–water partition coefficient (Wildman–Crippen LogP) is 1.81. The van der Waals surface area contributed by atoms with E-state index in [2.05, 4.69) is 19.2 Å². The molecule has 3 rings (SSSR count). The van der Waals surface area contributed by atoms with E-state index in [1.165, 1.54) is 0 Å². The van der Waals surface area contributed by atoms with Gasteiger partial charge in [-0.2, -0.15) is 0 Å². The number of hydrogen-bond donors (Lipinski definition) is 2. The lowest BCUT2D eigenvalue weighted by molar-refractivity contribution is -0.124. The van der Waals surface area contributed by atoms with Gasteiger partial charge in [-0.05, 0) is 23.0 Å². The lowest BCUT2D eigenvalue weighted by atomic mass is 10.1. The molecule has 96 valence electrons. The largest absolute Gasteiger partial charge is 0.390 e. The van der Waals surface area contributed by atoms with Crippen LogP contribution in [0.4, 0.5) is 0 Å². The van der Waals surface area contributed by atoms with Crippen LogP contribution >= 0.6 is 0 Å². The molecule has 3 unspecified atom stereocenters. The zero-order valence-electron chi connectivity index (χ0n) is 10.8. The Hall–Kier alpha value is -1.35. The molecule has 0 heterocycles. The zero-order chi connectivity index (χ0) is 12.9. The van der Waals surface area contributed by atoms with E-state index >= 15 is 0 Å².